The van der Waals surface area contributed by atoms with Crippen molar-refractivity contribution < 1.29 is 4.79 Å². The average molecular weight is 226 g/mol. The van der Waals surface area contributed by atoms with Crippen molar-refractivity contribution >= 4 is 5.91 Å². The van der Waals surface area contributed by atoms with Crippen molar-refractivity contribution in [2.75, 3.05) is 26.2 Å². The highest BCUT2D eigenvalue weighted by Crippen LogP contribution is 2.17. The van der Waals surface area contributed by atoms with Crippen molar-refractivity contribution in [2.24, 2.45) is 11.8 Å². The molecule has 0 saturated carbocycles. The lowest BCUT2D eigenvalue weighted by Crippen LogP contribution is -2.37. The molecule has 0 aromatic carbocycles. The number of amides is 1. The van der Waals surface area contributed by atoms with Crippen molar-refractivity contribution in [3.05, 3.63) is 0 Å². The summed E-state index contributed by atoms with van der Waals surface area (Å²) in [6, 6.07) is 0. The normalized spacial score (nSPS) is 17.8. The molecule has 1 fully saturated rings. The number of hydrogen-bond acceptors (Lipinski definition) is 2. The van der Waals surface area contributed by atoms with E-state index in [4.69, 9.17) is 0 Å². The van der Waals surface area contributed by atoms with E-state index in [1.165, 1.54) is 0 Å². The lowest BCUT2D eigenvalue weighted by atomic mass is 9.94. The van der Waals surface area contributed by atoms with Gasteiger partial charge in [-0.15, -0.1) is 0 Å². The average Bonchev–Trinajstić information content (AvgIpc) is 2.26. The van der Waals surface area contributed by atoms with Gasteiger partial charge in [-0.05, 0) is 44.7 Å². The third-order valence-corrected chi connectivity index (χ3v) is 3.24. The van der Waals surface area contributed by atoms with Crippen LogP contribution < -0.4 is 5.32 Å². The maximum atomic E-state index is 12.1. The Morgan fingerprint density at radius 2 is 2.00 bits per heavy atom. The van der Waals surface area contributed by atoms with E-state index in [0.29, 0.717) is 17.7 Å². The monoisotopic (exact) mass is 226 g/mol. The molecule has 0 aliphatic carbocycles. The van der Waals surface area contributed by atoms with Crippen molar-refractivity contribution in [3.8, 4) is 0 Å². The fraction of sp³-hybridized carbons (Fsp3) is 0.923. The number of hydrogen-bond donors (Lipinski definition) is 1. The number of rotatable bonds is 5. The van der Waals surface area contributed by atoms with Gasteiger partial charge in [0.25, 0.3) is 0 Å². The Kier molecular flexibility index (Phi) is 5.81. The highest BCUT2D eigenvalue weighted by Gasteiger charge is 2.20. The Morgan fingerprint density at radius 1 is 1.38 bits per heavy atom. The van der Waals surface area contributed by atoms with Gasteiger partial charge >= 0.3 is 0 Å². The predicted molar refractivity (Wildman–Crippen MR) is 67.3 cm³/mol. The summed E-state index contributed by atoms with van der Waals surface area (Å²) in [7, 11) is 0. The standard InChI is InChI=1S/C13H26N2O/c1-4-15(10-11(2)3)13(16)9-12-5-7-14-8-6-12/h11-12,14H,4-10H2,1-3H3. The molecule has 0 bridgehead atoms. The molecule has 94 valence electrons. The van der Waals surface area contributed by atoms with Crippen LogP contribution in [0.15, 0.2) is 0 Å². The fourth-order valence-corrected chi connectivity index (χ4v) is 2.31. The number of carbonyl (C=O) groups excluding carboxylic acids is 1. The summed E-state index contributed by atoms with van der Waals surface area (Å²) in [4.78, 5) is 14.1. The first-order valence-corrected chi connectivity index (χ1v) is 6.62. The van der Waals surface area contributed by atoms with Crippen LogP contribution in [0.4, 0.5) is 0 Å². The van der Waals surface area contributed by atoms with E-state index in [1.807, 2.05) is 4.90 Å². The van der Waals surface area contributed by atoms with E-state index in [0.717, 1.165) is 45.4 Å². The lowest BCUT2D eigenvalue weighted by Gasteiger charge is -2.27. The second kappa shape index (κ2) is 6.89. The Bertz CT molecular complexity index is 210. The summed E-state index contributed by atoms with van der Waals surface area (Å²) in [5.41, 5.74) is 0. The number of carbonyl (C=O) groups is 1. The van der Waals surface area contributed by atoms with Crippen LogP contribution in [0.1, 0.15) is 40.0 Å². The van der Waals surface area contributed by atoms with E-state index in [1.54, 1.807) is 0 Å². The first-order chi connectivity index (χ1) is 7.63. The Balaban J connectivity index is 2.35. The summed E-state index contributed by atoms with van der Waals surface area (Å²) in [5.74, 6) is 1.52. The first kappa shape index (κ1) is 13.5. The molecule has 0 aromatic rings. The van der Waals surface area contributed by atoms with Crippen LogP contribution in [-0.2, 0) is 4.79 Å². The fourth-order valence-electron chi connectivity index (χ4n) is 2.31. The van der Waals surface area contributed by atoms with Crippen LogP contribution in [0.3, 0.4) is 0 Å². The highest BCUT2D eigenvalue weighted by molar-refractivity contribution is 5.76. The van der Waals surface area contributed by atoms with Gasteiger partial charge in [-0.3, -0.25) is 4.79 Å². The number of nitrogens with zero attached hydrogens (tertiary/aromatic N) is 1. The van der Waals surface area contributed by atoms with Gasteiger partial charge in [-0.2, -0.15) is 0 Å². The molecule has 0 unspecified atom stereocenters. The molecular weight excluding hydrogens is 200 g/mol. The summed E-state index contributed by atoms with van der Waals surface area (Å²) in [6.07, 6.45) is 3.07. The van der Waals surface area contributed by atoms with E-state index >= 15 is 0 Å². The van der Waals surface area contributed by atoms with Crippen molar-refractivity contribution in [1.29, 1.82) is 0 Å². The molecule has 0 radical (unpaired) electrons. The molecular formula is C13H26N2O. The van der Waals surface area contributed by atoms with Crippen molar-refractivity contribution in [1.82, 2.24) is 10.2 Å². The van der Waals surface area contributed by atoms with Gasteiger partial charge in [0.2, 0.25) is 5.91 Å². The van der Waals surface area contributed by atoms with E-state index in [-0.39, 0.29) is 0 Å². The molecule has 0 atom stereocenters. The third kappa shape index (κ3) is 4.52. The summed E-state index contributed by atoms with van der Waals surface area (Å²) in [6.45, 7) is 10.3. The van der Waals surface area contributed by atoms with Crippen LogP contribution in [0, 0.1) is 11.8 Å². The molecule has 1 rings (SSSR count). The second-order valence-corrected chi connectivity index (χ2v) is 5.22. The smallest absolute Gasteiger partial charge is 0.222 e. The van der Waals surface area contributed by atoms with Gasteiger partial charge < -0.3 is 10.2 Å². The quantitative estimate of drug-likeness (QED) is 0.776. The SMILES string of the molecule is CCN(CC(C)C)C(=O)CC1CCNCC1. The molecule has 1 heterocycles. The van der Waals surface area contributed by atoms with Crippen LogP contribution in [0.5, 0.6) is 0 Å². The topological polar surface area (TPSA) is 32.3 Å². The Hall–Kier alpha value is -0.570. The molecule has 16 heavy (non-hydrogen) atoms. The molecule has 3 heteroatoms. The van der Waals surface area contributed by atoms with Gasteiger partial charge in [-0.1, -0.05) is 13.8 Å². The van der Waals surface area contributed by atoms with E-state index < -0.39 is 0 Å². The van der Waals surface area contributed by atoms with Crippen molar-refractivity contribution in [3.63, 3.8) is 0 Å². The summed E-state index contributed by atoms with van der Waals surface area (Å²) in [5, 5.41) is 3.34. The number of nitrogens with one attached hydrogen (secondary N) is 1. The number of piperidine rings is 1. The van der Waals surface area contributed by atoms with Crippen molar-refractivity contribution in [2.45, 2.75) is 40.0 Å². The zero-order valence-electron chi connectivity index (χ0n) is 11.0. The first-order valence-electron chi connectivity index (χ1n) is 6.62. The molecule has 0 aromatic heterocycles. The largest absolute Gasteiger partial charge is 0.343 e. The van der Waals surface area contributed by atoms with E-state index in [2.05, 4.69) is 26.1 Å². The molecule has 1 N–H and O–H groups in total. The van der Waals surface area contributed by atoms with Gasteiger partial charge in [-0.25, -0.2) is 0 Å². The minimum absolute atomic E-state index is 0.350. The Morgan fingerprint density at radius 3 is 2.50 bits per heavy atom. The summed E-state index contributed by atoms with van der Waals surface area (Å²) >= 11 is 0. The maximum absolute atomic E-state index is 12.1. The van der Waals surface area contributed by atoms with Crippen LogP contribution in [0.2, 0.25) is 0 Å². The molecule has 1 aliphatic heterocycles. The zero-order valence-corrected chi connectivity index (χ0v) is 11.0. The predicted octanol–water partition coefficient (Wildman–Crippen LogP) is 1.88. The highest BCUT2D eigenvalue weighted by atomic mass is 16.2. The van der Waals surface area contributed by atoms with E-state index in [9.17, 15) is 4.79 Å². The third-order valence-electron chi connectivity index (χ3n) is 3.24. The van der Waals surface area contributed by atoms with Gasteiger partial charge in [0.05, 0.1) is 0 Å². The summed E-state index contributed by atoms with van der Waals surface area (Å²) < 4.78 is 0. The van der Waals surface area contributed by atoms with Crippen LogP contribution in [-0.4, -0.2) is 37.0 Å². The minimum Gasteiger partial charge on any atom is -0.343 e. The van der Waals surface area contributed by atoms with Gasteiger partial charge in [0.15, 0.2) is 0 Å². The molecule has 3 nitrogen and oxygen atoms in total. The molecule has 1 saturated heterocycles. The molecule has 0 spiro atoms. The lowest BCUT2D eigenvalue weighted by molar-refractivity contribution is -0.132. The molecule has 1 amide bonds. The maximum Gasteiger partial charge on any atom is 0.222 e. The van der Waals surface area contributed by atoms with Gasteiger partial charge in [0, 0.05) is 19.5 Å². The van der Waals surface area contributed by atoms with Crippen LogP contribution in [0.25, 0.3) is 0 Å². The molecule has 1 aliphatic rings. The second-order valence-electron chi connectivity index (χ2n) is 5.22. The zero-order chi connectivity index (χ0) is 12.0. The van der Waals surface area contributed by atoms with Gasteiger partial charge in [0.1, 0.15) is 0 Å². The minimum atomic E-state index is 0.350. The van der Waals surface area contributed by atoms with Crippen LogP contribution >= 0.6 is 0 Å². The Labute approximate surface area is 99.6 Å².